The largest absolute Gasteiger partial charge is 0.575 e. The van der Waals surface area contributed by atoms with E-state index >= 15 is 0 Å². The third kappa shape index (κ3) is 1.78. The minimum atomic E-state index is -0.291. The molecule has 0 bridgehead atoms. The van der Waals surface area contributed by atoms with E-state index in [0.717, 1.165) is 10.6 Å². The summed E-state index contributed by atoms with van der Waals surface area (Å²) in [6.07, 6.45) is -0.167. The molecular weight excluding hydrogens is 226 g/mol. The van der Waals surface area contributed by atoms with E-state index in [-0.39, 0.29) is 12.1 Å². The zero-order valence-corrected chi connectivity index (χ0v) is 10.1. The average Bonchev–Trinajstić information content (AvgIpc) is 2.40. The quantitative estimate of drug-likeness (QED) is 0.565. The summed E-state index contributed by atoms with van der Waals surface area (Å²) >= 11 is 0. The van der Waals surface area contributed by atoms with Crippen molar-refractivity contribution in [2.45, 2.75) is 19.1 Å². The molecule has 0 aromatic heterocycles. The van der Waals surface area contributed by atoms with Crippen molar-refractivity contribution in [3.63, 3.8) is 0 Å². The Balaban J connectivity index is 2.03. The summed E-state index contributed by atoms with van der Waals surface area (Å²) in [7, 11) is 0. The molecule has 0 N–H and O–H groups in total. The Morgan fingerprint density at radius 2 is 1.67 bits per heavy atom. The number of hydroxylamine groups is 1. The van der Waals surface area contributed by atoms with Crippen LogP contribution in [0.3, 0.4) is 0 Å². The molecule has 0 saturated heterocycles. The molecule has 2 unspecified atom stereocenters. The molecule has 1 aliphatic rings. The molecule has 18 heavy (non-hydrogen) atoms. The Labute approximate surface area is 106 Å². The summed E-state index contributed by atoms with van der Waals surface area (Å²) < 4.78 is 5.83. The number of fused-ring (bicyclic) bond motifs is 1. The van der Waals surface area contributed by atoms with Crippen LogP contribution in [-0.4, -0.2) is 6.10 Å². The predicted octanol–water partition coefficient (Wildman–Crippen LogP) is 3.48. The highest BCUT2D eigenvalue weighted by Gasteiger charge is 2.38. The molecule has 2 aromatic rings. The van der Waals surface area contributed by atoms with Crippen LogP contribution in [0.25, 0.3) is 0 Å². The first kappa shape index (κ1) is 11.3. The fourth-order valence-corrected chi connectivity index (χ4v) is 2.40. The molecular formula is C15H14NO2. The summed E-state index contributed by atoms with van der Waals surface area (Å²) in [5.41, 5.74) is 1.58. The van der Waals surface area contributed by atoms with Gasteiger partial charge in [0.25, 0.3) is 0 Å². The zero-order chi connectivity index (χ0) is 12.5. The van der Waals surface area contributed by atoms with E-state index in [0.29, 0.717) is 11.4 Å². The molecule has 2 atom stereocenters. The summed E-state index contributed by atoms with van der Waals surface area (Å²) in [4.78, 5) is 0. The SMILES string of the molecule is CC1Oc2ccccc2[N+]([O-])C1c1ccccc1. The van der Waals surface area contributed by atoms with E-state index in [4.69, 9.17) is 4.74 Å². The number of benzene rings is 2. The van der Waals surface area contributed by atoms with Crippen molar-refractivity contribution in [2.75, 3.05) is 0 Å². The van der Waals surface area contributed by atoms with Gasteiger partial charge in [-0.3, -0.25) is 0 Å². The molecule has 1 aliphatic heterocycles. The highest BCUT2D eigenvalue weighted by Crippen LogP contribution is 2.40. The predicted molar refractivity (Wildman–Crippen MR) is 70.9 cm³/mol. The molecule has 1 radical (unpaired) electrons. The van der Waals surface area contributed by atoms with E-state index in [1.54, 1.807) is 6.07 Å². The van der Waals surface area contributed by atoms with Crippen LogP contribution < -0.4 is 9.80 Å². The monoisotopic (exact) mass is 240 g/mol. The van der Waals surface area contributed by atoms with Crippen LogP contribution in [0.15, 0.2) is 54.6 Å². The maximum Gasteiger partial charge on any atom is 0.224 e. The van der Waals surface area contributed by atoms with Crippen LogP contribution in [0.4, 0.5) is 5.69 Å². The highest BCUT2D eigenvalue weighted by molar-refractivity contribution is 5.56. The van der Waals surface area contributed by atoms with Crippen LogP contribution in [-0.2, 0) is 0 Å². The van der Waals surface area contributed by atoms with Crippen LogP contribution >= 0.6 is 0 Å². The van der Waals surface area contributed by atoms with Gasteiger partial charge < -0.3 is 9.94 Å². The van der Waals surface area contributed by atoms with E-state index in [1.165, 1.54) is 0 Å². The minimum Gasteiger partial charge on any atom is -0.575 e. The van der Waals surface area contributed by atoms with Crippen molar-refractivity contribution in [1.29, 1.82) is 0 Å². The highest BCUT2D eigenvalue weighted by atomic mass is 16.5. The Bertz CT molecular complexity index is 541. The van der Waals surface area contributed by atoms with Gasteiger partial charge in [-0.25, -0.2) is 0 Å². The number of para-hydroxylation sites is 2. The topological polar surface area (TPSA) is 38.2 Å². The molecule has 0 aliphatic carbocycles. The molecule has 0 saturated carbocycles. The van der Waals surface area contributed by atoms with Crippen molar-refractivity contribution < 1.29 is 4.74 Å². The standard InChI is InChI=1S/C15H14NO2/c1-11-15(12-7-3-2-4-8-12)16(17)13-9-5-6-10-14(13)18-11/h2-11,15H,1H3. The van der Waals surface area contributed by atoms with Gasteiger partial charge in [0, 0.05) is 11.6 Å². The number of ether oxygens (including phenoxy) is 1. The van der Waals surface area contributed by atoms with Gasteiger partial charge in [0.2, 0.25) is 11.7 Å². The van der Waals surface area contributed by atoms with Gasteiger partial charge in [0.1, 0.15) is 0 Å². The normalized spacial score (nSPS) is 23.2. The summed E-state index contributed by atoms with van der Waals surface area (Å²) in [6, 6.07) is 16.8. The Hall–Kier alpha value is -1.84. The molecule has 2 aromatic carbocycles. The van der Waals surface area contributed by atoms with Crippen LogP contribution in [0.2, 0.25) is 0 Å². The molecule has 3 nitrogen and oxygen atoms in total. The van der Waals surface area contributed by atoms with Gasteiger partial charge >= 0.3 is 0 Å². The second-order valence-corrected chi connectivity index (χ2v) is 4.47. The van der Waals surface area contributed by atoms with E-state index in [9.17, 15) is 5.21 Å². The molecule has 3 heteroatoms. The lowest BCUT2D eigenvalue weighted by Crippen LogP contribution is -2.39. The summed E-state index contributed by atoms with van der Waals surface area (Å²) in [5, 5.41) is 13.5. The van der Waals surface area contributed by atoms with Gasteiger partial charge in [0.15, 0.2) is 11.9 Å². The molecule has 0 amide bonds. The number of anilines is 1. The number of hydrogen-bond donors (Lipinski definition) is 0. The molecule has 91 valence electrons. The molecule has 0 spiro atoms. The Morgan fingerprint density at radius 3 is 2.44 bits per heavy atom. The van der Waals surface area contributed by atoms with Crippen LogP contribution in [0, 0.1) is 5.21 Å². The molecule has 1 heterocycles. The van der Waals surface area contributed by atoms with E-state index < -0.39 is 0 Å². The summed E-state index contributed by atoms with van der Waals surface area (Å²) in [5.74, 6) is 0.659. The number of rotatable bonds is 1. The maximum absolute atomic E-state index is 12.5. The maximum atomic E-state index is 12.5. The van der Waals surface area contributed by atoms with Crippen molar-refractivity contribution in [3.05, 3.63) is 65.4 Å². The number of nitrogens with zero attached hydrogens (tertiary/aromatic N) is 1. The Morgan fingerprint density at radius 1 is 1.00 bits per heavy atom. The molecule has 0 fully saturated rings. The smallest absolute Gasteiger partial charge is 0.224 e. The first-order chi connectivity index (χ1) is 8.77. The lowest BCUT2D eigenvalue weighted by molar-refractivity contribution is 0.139. The van der Waals surface area contributed by atoms with Gasteiger partial charge in [-0.15, -0.1) is 5.06 Å². The van der Waals surface area contributed by atoms with Crippen molar-refractivity contribution in [1.82, 2.24) is 5.06 Å². The fraction of sp³-hybridized carbons (Fsp3) is 0.200. The third-order valence-electron chi connectivity index (χ3n) is 3.25. The van der Waals surface area contributed by atoms with Gasteiger partial charge in [-0.05, 0) is 13.0 Å². The summed E-state index contributed by atoms with van der Waals surface area (Å²) in [6.45, 7) is 1.93. The average molecular weight is 240 g/mol. The second kappa shape index (κ2) is 4.44. The van der Waals surface area contributed by atoms with Crippen molar-refractivity contribution in [3.8, 4) is 5.75 Å². The molecule has 3 rings (SSSR count). The third-order valence-corrected chi connectivity index (χ3v) is 3.25. The van der Waals surface area contributed by atoms with Gasteiger partial charge in [-0.2, -0.15) is 0 Å². The van der Waals surface area contributed by atoms with Gasteiger partial charge in [-0.1, -0.05) is 42.5 Å². The first-order valence-electron chi connectivity index (χ1n) is 6.04. The lowest BCUT2D eigenvalue weighted by atomic mass is 9.99. The van der Waals surface area contributed by atoms with Crippen LogP contribution in [0.1, 0.15) is 18.5 Å². The minimum absolute atomic E-state index is 0.167. The first-order valence-corrected chi connectivity index (χ1v) is 6.04. The fourth-order valence-electron chi connectivity index (χ4n) is 2.40. The van der Waals surface area contributed by atoms with E-state index in [1.807, 2.05) is 55.5 Å². The zero-order valence-electron chi connectivity index (χ0n) is 10.1. The lowest BCUT2D eigenvalue weighted by Gasteiger charge is -2.34. The number of hydrogen-bond acceptors (Lipinski definition) is 3. The van der Waals surface area contributed by atoms with Gasteiger partial charge in [0.05, 0.1) is 0 Å². The van der Waals surface area contributed by atoms with E-state index in [2.05, 4.69) is 0 Å². The van der Waals surface area contributed by atoms with Crippen molar-refractivity contribution in [2.24, 2.45) is 0 Å². The Kier molecular flexibility index (Phi) is 2.78. The van der Waals surface area contributed by atoms with Crippen LogP contribution in [0.5, 0.6) is 5.75 Å². The second-order valence-electron chi connectivity index (χ2n) is 4.47. The van der Waals surface area contributed by atoms with Crippen molar-refractivity contribution >= 4 is 5.69 Å².